The van der Waals surface area contributed by atoms with E-state index in [1.165, 1.54) is 18.2 Å². The van der Waals surface area contributed by atoms with Crippen molar-refractivity contribution in [3.05, 3.63) is 33.3 Å². The second-order valence-corrected chi connectivity index (χ2v) is 4.64. The van der Waals surface area contributed by atoms with Gasteiger partial charge in [-0.25, -0.2) is 0 Å². The van der Waals surface area contributed by atoms with Gasteiger partial charge in [-0.05, 0) is 18.9 Å². The first-order valence-corrected chi connectivity index (χ1v) is 6.69. The lowest BCUT2D eigenvalue weighted by atomic mass is 10.2. The molecule has 0 aliphatic heterocycles. The Bertz CT molecular complexity index is 399. The van der Waals surface area contributed by atoms with Crippen LogP contribution in [0, 0.1) is 10.1 Å². The Labute approximate surface area is 116 Å². The second-order valence-electron chi connectivity index (χ2n) is 3.82. The molecule has 0 fully saturated rings. The zero-order valence-electron chi connectivity index (χ0n) is 9.90. The molecule has 0 spiro atoms. The number of nitro benzene ring substituents is 1. The van der Waals surface area contributed by atoms with Gasteiger partial charge in [0, 0.05) is 23.0 Å². The number of nitrogens with zero attached hydrogens (tertiary/aromatic N) is 1. The number of halogens is 2. The predicted molar refractivity (Wildman–Crippen MR) is 72.8 cm³/mol. The lowest BCUT2D eigenvalue weighted by Crippen LogP contribution is -2.00. The summed E-state index contributed by atoms with van der Waals surface area (Å²) >= 11 is 11.3. The molecule has 0 aromatic heterocycles. The van der Waals surface area contributed by atoms with Gasteiger partial charge in [0.2, 0.25) is 0 Å². The van der Waals surface area contributed by atoms with E-state index < -0.39 is 4.92 Å². The Kier molecular flexibility index (Phi) is 6.83. The topological polar surface area (TPSA) is 52.4 Å². The van der Waals surface area contributed by atoms with Crippen LogP contribution >= 0.6 is 23.2 Å². The van der Waals surface area contributed by atoms with Gasteiger partial charge >= 0.3 is 5.69 Å². The van der Waals surface area contributed by atoms with Crippen molar-refractivity contribution < 1.29 is 9.66 Å². The first kappa shape index (κ1) is 15.1. The van der Waals surface area contributed by atoms with Gasteiger partial charge in [-0.2, -0.15) is 0 Å². The minimum absolute atomic E-state index is 0.0554. The van der Waals surface area contributed by atoms with Crippen LogP contribution in [0.25, 0.3) is 0 Å². The maximum absolute atomic E-state index is 10.8. The third-order valence-electron chi connectivity index (χ3n) is 2.40. The summed E-state index contributed by atoms with van der Waals surface area (Å²) in [5, 5.41) is 11.2. The number of hydrogen-bond acceptors (Lipinski definition) is 3. The van der Waals surface area contributed by atoms with Crippen LogP contribution in [-0.4, -0.2) is 17.4 Å². The normalized spacial score (nSPS) is 10.3. The van der Waals surface area contributed by atoms with Gasteiger partial charge in [0.15, 0.2) is 5.75 Å². The number of unbranched alkanes of at least 4 members (excludes halogenated alkanes) is 3. The molecule has 0 unspecified atom stereocenters. The number of benzene rings is 1. The molecule has 0 saturated heterocycles. The van der Waals surface area contributed by atoms with Crippen molar-refractivity contribution >= 4 is 28.9 Å². The zero-order valence-corrected chi connectivity index (χ0v) is 11.4. The molecule has 0 heterocycles. The van der Waals surface area contributed by atoms with Gasteiger partial charge < -0.3 is 4.74 Å². The third-order valence-corrected chi connectivity index (χ3v) is 2.91. The van der Waals surface area contributed by atoms with Crippen molar-refractivity contribution in [1.29, 1.82) is 0 Å². The molecule has 1 rings (SSSR count). The van der Waals surface area contributed by atoms with E-state index in [0.717, 1.165) is 25.7 Å². The number of nitro groups is 1. The Morgan fingerprint density at radius 2 is 1.94 bits per heavy atom. The van der Waals surface area contributed by atoms with Gasteiger partial charge in [-0.15, -0.1) is 11.6 Å². The van der Waals surface area contributed by atoms with Crippen LogP contribution < -0.4 is 4.74 Å². The molecule has 0 atom stereocenters. The first-order chi connectivity index (χ1) is 8.65. The van der Waals surface area contributed by atoms with Crippen LogP contribution in [-0.2, 0) is 0 Å². The fourth-order valence-electron chi connectivity index (χ4n) is 1.49. The van der Waals surface area contributed by atoms with E-state index in [1.807, 2.05) is 0 Å². The zero-order chi connectivity index (χ0) is 13.4. The number of rotatable bonds is 8. The van der Waals surface area contributed by atoms with Gasteiger partial charge in [0.05, 0.1) is 11.5 Å². The molecule has 0 amide bonds. The number of hydrogen-bond donors (Lipinski definition) is 0. The summed E-state index contributed by atoms with van der Waals surface area (Å²) in [6.07, 6.45) is 3.88. The van der Waals surface area contributed by atoms with Gasteiger partial charge in [-0.3, -0.25) is 10.1 Å². The van der Waals surface area contributed by atoms with Gasteiger partial charge in [0.25, 0.3) is 0 Å². The quantitative estimate of drug-likeness (QED) is 0.308. The Hall–Kier alpha value is -1.00. The molecule has 100 valence electrons. The van der Waals surface area contributed by atoms with Crippen molar-refractivity contribution in [3.63, 3.8) is 0 Å². The molecule has 6 heteroatoms. The second kappa shape index (κ2) is 8.16. The summed E-state index contributed by atoms with van der Waals surface area (Å²) in [6, 6.07) is 4.30. The summed E-state index contributed by atoms with van der Waals surface area (Å²) in [7, 11) is 0. The van der Waals surface area contributed by atoms with Crippen LogP contribution in [0.2, 0.25) is 5.02 Å². The van der Waals surface area contributed by atoms with Gasteiger partial charge in [-0.1, -0.05) is 24.4 Å². The van der Waals surface area contributed by atoms with E-state index in [2.05, 4.69) is 0 Å². The van der Waals surface area contributed by atoms with Crippen molar-refractivity contribution in [3.8, 4) is 5.75 Å². The molecule has 0 aliphatic carbocycles. The van der Waals surface area contributed by atoms with E-state index in [4.69, 9.17) is 27.9 Å². The summed E-state index contributed by atoms with van der Waals surface area (Å²) in [6.45, 7) is 0.448. The molecular weight excluding hydrogens is 277 g/mol. The molecule has 1 aromatic rings. The molecular formula is C12H15Cl2NO3. The highest BCUT2D eigenvalue weighted by molar-refractivity contribution is 6.30. The monoisotopic (exact) mass is 291 g/mol. The molecule has 0 aliphatic rings. The Balaban J connectivity index is 2.45. The van der Waals surface area contributed by atoms with Crippen LogP contribution in [0.15, 0.2) is 18.2 Å². The first-order valence-electron chi connectivity index (χ1n) is 5.78. The van der Waals surface area contributed by atoms with E-state index in [9.17, 15) is 10.1 Å². The van der Waals surface area contributed by atoms with Crippen LogP contribution in [0.3, 0.4) is 0 Å². The molecule has 0 saturated carbocycles. The third kappa shape index (κ3) is 5.10. The molecule has 0 radical (unpaired) electrons. The largest absolute Gasteiger partial charge is 0.487 e. The summed E-state index contributed by atoms with van der Waals surface area (Å²) in [4.78, 5) is 10.3. The van der Waals surface area contributed by atoms with Crippen LogP contribution in [0.1, 0.15) is 25.7 Å². The van der Waals surface area contributed by atoms with Gasteiger partial charge in [0.1, 0.15) is 0 Å². The Morgan fingerprint density at radius 3 is 2.61 bits per heavy atom. The van der Waals surface area contributed by atoms with Crippen molar-refractivity contribution in [2.45, 2.75) is 25.7 Å². The number of ether oxygens (including phenoxy) is 1. The molecule has 1 aromatic carbocycles. The fourth-order valence-corrected chi connectivity index (χ4v) is 1.84. The standard InChI is InChI=1S/C12H15Cl2NO3/c13-7-3-1-2-4-8-18-12-9-10(14)5-6-11(12)15(16)17/h5-6,9H,1-4,7-8H2. The van der Waals surface area contributed by atoms with E-state index in [-0.39, 0.29) is 11.4 Å². The lowest BCUT2D eigenvalue weighted by molar-refractivity contribution is -0.385. The maximum Gasteiger partial charge on any atom is 0.311 e. The molecule has 4 nitrogen and oxygen atoms in total. The van der Waals surface area contributed by atoms with E-state index >= 15 is 0 Å². The maximum atomic E-state index is 10.8. The molecule has 0 bridgehead atoms. The average molecular weight is 292 g/mol. The summed E-state index contributed by atoms with van der Waals surface area (Å²) in [5.74, 6) is 0.894. The highest BCUT2D eigenvalue weighted by Crippen LogP contribution is 2.30. The fraction of sp³-hybridized carbons (Fsp3) is 0.500. The molecule has 18 heavy (non-hydrogen) atoms. The number of alkyl halides is 1. The lowest BCUT2D eigenvalue weighted by Gasteiger charge is -2.06. The summed E-state index contributed by atoms with van der Waals surface area (Å²) in [5.41, 5.74) is -0.0554. The molecule has 0 N–H and O–H groups in total. The van der Waals surface area contributed by atoms with E-state index in [1.54, 1.807) is 0 Å². The minimum Gasteiger partial charge on any atom is -0.487 e. The average Bonchev–Trinajstić information content (AvgIpc) is 2.33. The predicted octanol–water partition coefficient (Wildman–Crippen LogP) is 4.43. The van der Waals surface area contributed by atoms with E-state index in [0.29, 0.717) is 17.5 Å². The van der Waals surface area contributed by atoms with Crippen molar-refractivity contribution in [2.24, 2.45) is 0 Å². The Morgan fingerprint density at radius 1 is 1.22 bits per heavy atom. The minimum atomic E-state index is -0.473. The highest BCUT2D eigenvalue weighted by atomic mass is 35.5. The highest BCUT2D eigenvalue weighted by Gasteiger charge is 2.14. The van der Waals surface area contributed by atoms with Crippen LogP contribution in [0.4, 0.5) is 5.69 Å². The van der Waals surface area contributed by atoms with Crippen molar-refractivity contribution in [1.82, 2.24) is 0 Å². The van der Waals surface area contributed by atoms with Crippen molar-refractivity contribution in [2.75, 3.05) is 12.5 Å². The smallest absolute Gasteiger partial charge is 0.311 e. The SMILES string of the molecule is O=[N+]([O-])c1ccc(Cl)cc1OCCCCCCCl. The summed E-state index contributed by atoms with van der Waals surface area (Å²) < 4.78 is 5.40. The van der Waals surface area contributed by atoms with Crippen LogP contribution in [0.5, 0.6) is 5.75 Å².